The fourth-order valence-corrected chi connectivity index (χ4v) is 14.2. The summed E-state index contributed by atoms with van der Waals surface area (Å²) >= 11 is 0. The molecule has 107 heavy (non-hydrogen) atoms. The van der Waals surface area contributed by atoms with E-state index < -0.39 is 81.8 Å². The Balaban J connectivity index is 0.000000209. The number of esters is 3. The van der Waals surface area contributed by atoms with Gasteiger partial charge in [0.2, 0.25) is 29.5 Å². The molecule has 0 saturated carbocycles. The third-order valence-electron chi connectivity index (χ3n) is 19.1. The molecule has 4 N–H and O–H groups in total. The summed E-state index contributed by atoms with van der Waals surface area (Å²) < 4.78 is 79.9. The number of alkyl carbamates (subject to hydrolysis) is 1. The molecule has 6 fully saturated rings. The van der Waals surface area contributed by atoms with Gasteiger partial charge in [-0.25, -0.2) is 18.0 Å². The molecule has 4 aromatic rings. The highest BCUT2D eigenvalue weighted by Gasteiger charge is 2.56. The van der Waals surface area contributed by atoms with Crippen LogP contribution >= 0.6 is 0 Å². The van der Waals surface area contributed by atoms with E-state index in [1.54, 1.807) is 94.0 Å². The van der Waals surface area contributed by atoms with Gasteiger partial charge < -0.3 is 74.0 Å². The lowest BCUT2D eigenvalue weighted by Crippen LogP contribution is -2.58. The Bertz CT molecular complexity index is 3720. The first kappa shape index (κ1) is 83.7. The zero-order chi connectivity index (χ0) is 78.7. The Kier molecular flexibility index (Phi) is 27.7. The summed E-state index contributed by atoms with van der Waals surface area (Å²) in [5.41, 5.74) is 4.18. The molecule has 6 heterocycles. The second kappa shape index (κ2) is 35.4. The maximum Gasteiger partial charge on any atom is 0.408 e. The van der Waals surface area contributed by atoms with Crippen molar-refractivity contribution < 1.29 is 89.5 Å². The third-order valence-corrected chi connectivity index (χ3v) is 19.1. The Morgan fingerprint density at radius 3 is 1.20 bits per heavy atom. The highest BCUT2D eigenvalue weighted by atomic mass is 19.1. The van der Waals surface area contributed by atoms with Gasteiger partial charge in [0, 0.05) is 32.4 Å². The number of benzene rings is 4. The molecule has 24 nitrogen and oxygen atoms in total. The number of hydrogen-bond acceptors (Lipinski definition) is 18. The van der Waals surface area contributed by atoms with Gasteiger partial charge in [-0.3, -0.25) is 38.4 Å². The second-order valence-corrected chi connectivity index (χ2v) is 33.2. The van der Waals surface area contributed by atoms with Crippen LogP contribution in [0.1, 0.15) is 167 Å². The summed E-state index contributed by atoms with van der Waals surface area (Å²) in [7, 11) is 0. The van der Waals surface area contributed by atoms with Gasteiger partial charge in [-0.05, 0) is 177 Å². The van der Waals surface area contributed by atoms with Crippen molar-refractivity contribution in [2.24, 2.45) is 16.6 Å². The summed E-state index contributed by atoms with van der Waals surface area (Å²) in [6.07, 6.45) is -0.0390. The van der Waals surface area contributed by atoms with Crippen LogP contribution in [-0.2, 0) is 63.9 Å². The number of rotatable bonds is 20. The number of nitrogens with zero attached hydrogens (tertiary/aromatic N) is 5. The number of halogens is 3. The minimum absolute atomic E-state index is 0.0108. The summed E-state index contributed by atoms with van der Waals surface area (Å²) in [4.78, 5) is 125. The molecule has 4 aromatic carbocycles. The first-order chi connectivity index (χ1) is 50.0. The zero-order valence-corrected chi connectivity index (χ0v) is 64.5. The van der Waals surface area contributed by atoms with Gasteiger partial charge in [-0.15, -0.1) is 0 Å². The molecule has 586 valence electrons. The van der Waals surface area contributed by atoms with E-state index in [1.807, 2.05) is 76.8 Å². The topological polar surface area (TPSA) is 285 Å². The van der Waals surface area contributed by atoms with Crippen molar-refractivity contribution in [3.8, 4) is 17.2 Å². The standard InChI is InChI=1S/C34H44FN3O7.C26H38FN3O5.C20H27FN2O4/c1-33(2,3)30(36-32(42)43-21-22-10-8-7-9-11-22)31(41)37-19-18-25-29(37)26(44-24-14-12-23(35)13-15-24)20-38(25)27(39)16-17-28(40)45-34(4,5)6;1-25(2,3)23(28)24(33)29-14-13-18-22(29)19(34-17-9-7-16(27)8-10-17)15-30(18)20(31)11-12-21(32)35-26(4,5)6;1-20(2,3)27-18(25)9-8-17(24)23-12-16(19-15(23)10-11-22-19)26-14-6-4-13(21)5-7-14/h7-15,25-26,29-30H,16-21H2,1-6H3,(H,36,42);7-10,18-19,22-23H,11-15,28H2,1-6H3;4-7,15-16,19,22H,8-12H2,1-3H3/t25-,26+,29+,30-;18-,19+,22+,23-;15-,16+,19+/m111/s1. The predicted octanol–water partition coefficient (Wildman–Crippen LogP) is 10.00. The summed E-state index contributed by atoms with van der Waals surface area (Å²) in [5.74, 6) is -1.93. The molecule has 10 rings (SSSR count). The number of likely N-dealkylation sites (tertiary alicyclic amines) is 5. The molecule has 6 saturated heterocycles. The molecule has 0 aliphatic carbocycles. The molecule has 0 unspecified atom stereocenters. The van der Waals surface area contributed by atoms with Crippen LogP contribution in [-0.4, -0.2) is 201 Å². The van der Waals surface area contributed by atoms with Crippen molar-refractivity contribution >= 4 is 53.5 Å². The Morgan fingerprint density at radius 2 is 0.822 bits per heavy atom. The predicted molar refractivity (Wildman–Crippen MR) is 391 cm³/mol. The normalized spacial score (nSPS) is 22.3. The Morgan fingerprint density at radius 1 is 0.458 bits per heavy atom. The van der Waals surface area contributed by atoms with Crippen LogP contribution in [0.25, 0.3) is 0 Å². The van der Waals surface area contributed by atoms with Crippen LogP contribution in [0, 0.1) is 28.3 Å². The van der Waals surface area contributed by atoms with Crippen LogP contribution < -0.4 is 30.6 Å². The lowest BCUT2D eigenvalue weighted by molar-refractivity contribution is -0.157. The van der Waals surface area contributed by atoms with Crippen molar-refractivity contribution in [2.45, 2.75) is 252 Å². The van der Waals surface area contributed by atoms with E-state index in [2.05, 4.69) is 10.6 Å². The molecular formula is C80H109F3N8O16. The molecule has 6 amide bonds. The van der Waals surface area contributed by atoms with Crippen LogP contribution in [0.4, 0.5) is 18.0 Å². The van der Waals surface area contributed by atoms with Gasteiger partial charge in [0.1, 0.15) is 82.5 Å². The number of carbonyl (C=O) groups excluding carboxylic acids is 9. The van der Waals surface area contributed by atoms with Crippen LogP contribution in [0.2, 0.25) is 0 Å². The molecular weight excluding hydrogens is 1390 g/mol. The van der Waals surface area contributed by atoms with Gasteiger partial charge in [0.15, 0.2) is 0 Å². The quantitative estimate of drug-likeness (QED) is 0.0548. The Labute approximate surface area is 626 Å². The maximum absolute atomic E-state index is 14.2. The lowest BCUT2D eigenvalue weighted by Gasteiger charge is -2.36. The van der Waals surface area contributed by atoms with Gasteiger partial charge in [-0.1, -0.05) is 71.9 Å². The van der Waals surface area contributed by atoms with Crippen LogP contribution in [0.3, 0.4) is 0 Å². The fraction of sp³-hybridized carbons (Fsp3) is 0.588. The number of carbonyl (C=O) groups is 9. The molecule has 27 heteroatoms. The summed E-state index contributed by atoms with van der Waals surface area (Å²) in [5, 5.41) is 6.17. The molecule has 0 aromatic heterocycles. The molecule has 11 atom stereocenters. The largest absolute Gasteiger partial charge is 0.487 e. The average Bonchev–Trinajstić information content (AvgIpc) is 1.61. The SMILES string of the molecule is CC(C)(C)OC(=O)CCC(=O)N1C[C@H](Oc2ccc(F)cc2)[C@@H]2[C@H]1CCN2C(=O)[C@@H](N)C(C)(C)C.CC(C)(C)OC(=O)CCC(=O)N1C[C@H](Oc2ccc(F)cc2)[C@@H]2[C@H]1CCN2C(=O)[C@@H](NC(=O)OCc1ccccc1)C(C)(C)C.CC(C)(C)OC(=O)CCC(=O)N1C[C@H](Oc2ccc(F)cc2)[C@H]2NCC[C@H]21. The van der Waals surface area contributed by atoms with E-state index in [0.717, 1.165) is 18.5 Å². The number of ether oxygens (including phenoxy) is 7. The highest BCUT2D eigenvalue weighted by molar-refractivity contribution is 5.88. The first-order valence-corrected chi connectivity index (χ1v) is 36.9. The molecule has 6 aliphatic heterocycles. The van der Waals surface area contributed by atoms with Gasteiger partial charge in [-0.2, -0.15) is 0 Å². The number of hydrogen-bond donors (Lipinski definition) is 3. The molecule has 6 aliphatic rings. The molecule has 0 spiro atoms. The molecule has 0 bridgehead atoms. The fourth-order valence-electron chi connectivity index (χ4n) is 14.2. The third kappa shape index (κ3) is 23.8. The highest BCUT2D eigenvalue weighted by Crippen LogP contribution is 2.39. The van der Waals surface area contributed by atoms with Gasteiger partial charge in [0.25, 0.3) is 0 Å². The van der Waals surface area contributed by atoms with Crippen LogP contribution in [0.5, 0.6) is 17.2 Å². The van der Waals surface area contributed by atoms with E-state index in [4.69, 9.17) is 38.9 Å². The van der Waals surface area contributed by atoms with E-state index in [9.17, 15) is 56.3 Å². The van der Waals surface area contributed by atoms with Crippen molar-refractivity contribution in [1.29, 1.82) is 0 Å². The summed E-state index contributed by atoms with van der Waals surface area (Å²) in [6.45, 7) is 29.9. The smallest absolute Gasteiger partial charge is 0.408 e. The minimum Gasteiger partial charge on any atom is -0.487 e. The van der Waals surface area contributed by atoms with Crippen molar-refractivity contribution in [1.82, 2.24) is 35.1 Å². The number of nitrogens with one attached hydrogen (secondary N) is 2. The molecule has 0 radical (unpaired) electrons. The van der Waals surface area contributed by atoms with Gasteiger partial charge in [0.05, 0.1) is 81.2 Å². The van der Waals surface area contributed by atoms with Crippen molar-refractivity contribution in [2.75, 3.05) is 39.3 Å². The van der Waals surface area contributed by atoms with E-state index in [0.29, 0.717) is 49.7 Å². The van der Waals surface area contributed by atoms with Crippen LogP contribution in [0.15, 0.2) is 103 Å². The summed E-state index contributed by atoms with van der Waals surface area (Å²) in [6, 6.07) is 23.3. The average molecular weight is 1500 g/mol. The number of fused-ring (bicyclic) bond motifs is 3. The Hall–Kier alpha value is -8.98. The zero-order valence-electron chi connectivity index (χ0n) is 64.5. The van der Waals surface area contributed by atoms with Gasteiger partial charge >= 0.3 is 24.0 Å². The monoisotopic (exact) mass is 1490 g/mol. The van der Waals surface area contributed by atoms with E-state index >= 15 is 0 Å². The van der Waals surface area contributed by atoms with Crippen molar-refractivity contribution in [3.05, 3.63) is 126 Å². The number of nitrogens with two attached hydrogens (primary N) is 1. The maximum atomic E-state index is 14.2. The lowest BCUT2D eigenvalue weighted by atomic mass is 9.85. The number of amides is 6. The van der Waals surface area contributed by atoms with E-state index in [-0.39, 0.29) is 142 Å². The minimum atomic E-state index is -0.928. The van der Waals surface area contributed by atoms with E-state index in [1.165, 1.54) is 60.7 Å². The van der Waals surface area contributed by atoms with Crippen molar-refractivity contribution in [3.63, 3.8) is 0 Å². The second-order valence-electron chi connectivity index (χ2n) is 33.2. The first-order valence-electron chi connectivity index (χ1n) is 36.9.